The highest BCUT2D eigenvalue weighted by Gasteiger charge is 2.34. The number of rotatable bonds is 7. The number of ether oxygens (including phenoxy) is 3. The van der Waals surface area contributed by atoms with Crippen molar-refractivity contribution in [3.8, 4) is 0 Å². The number of thiocarbonyl (C=S) groups is 2. The summed E-state index contributed by atoms with van der Waals surface area (Å²) in [5.74, 6) is -1.24. The normalized spacial score (nSPS) is 12.3. The molecule has 14 heteroatoms. The Balaban J connectivity index is 5.45. The highest BCUT2D eigenvalue weighted by Crippen LogP contribution is 2.04. The first-order valence-corrected chi connectivity index (χ1v) is 10.5. The van der Waals surface area contributed by atoms with Crippen LogP contribution < -0.4 is 9.44 Å². The number of hydrogen-bond donors (Lipinski definition) is 2. The Hall–Kier alpha value is -0.930. The highest BCUT2D eigenvalue weighted by molar-refractivity contribution is 8.16. The molecule has 2 N–H and O–H groups in total. The minimum absolute atomic E-state index is 0.552. The summed E-state index contributed by atoms with van der Waals surface area (Å²) in [5.41, 5.74) is 0. The molecule has 0 unspecified atom stereocenters. The molecule has 0 rings (SSSR count). The van der Waals surface area contributed by atoms with Crippen molar-refractivity contribution in [2.24, 2.45) is 0 Å². The Bertz CT molecular complexity index is 660. The third kappa shape index (κ3) is 8.33. The van der Waals surface area contributed by atoms with E-state index in [-0.39, 0.29) is 0 Å². The summed E-state index contributed by atoms with van der Waals surface area (Å²) >= 11 is 9.21. The summed E-state index contributed by atoms with van der Waals surface area (Å²) in [4.78, 5) is 11.7. The quantitative estimate of drug-likeness (QED) is 0.312. The summed E-state index contributed by atoms with van der Waals surface area (Å²) in [6.45, 7) is 6.13. The van der Waals surface area contributed by atoms with Gasteiger partial charge in [0.1, 0.15) is 0 Å². The summed E-state index contributed by atoms with van der Waals surface area (Å²) in [7, 11) is -8.03. The minimum Gasteiger partial charge on any atom is -0.472 e. The minimum atomic E-state index is -4.48. The molecule has 0 fully saturated rings. The van der Waals surface area contributed by atoms with Crippen LogP contribution in [0.25, 0.3) is 0 Å². The van der Waals surface area contributed by atoms with Crippen molar-refractivity contribution in [2.75, 3.05) is 7.11 Å². The largest absolute Gasteiger partial charge is 0.472 e. The molecule has 0 saturated heterocycles. The Kier molecular flexibility index (Phi) is 9.32. The molecule has 0 amide bonds. The molecule has 0 aromatic rings. The molecule has 0 heterocycles. The maximum atomic E-state index is 12.0. The second-order valence-electron chi connectivity index (χ2n) is 5.03. The van der Waals surface area contributed by atoms with E-state index in [4.69, 9.17) is 9.47 Å². The lowest BCUT2D eigenvalue weighted by Gasteiger charge is -2.19. The molecule has 0 aliphatic rings. The maximum absolute atomic E-state index is 12.0. The number of esters is 1. The topological polar surface area (TPSA) is 137 Å². The van der Waals surface area contributed by atoms with Gasteiger partial charge in [-0.1, -0.05) is 0 Å². The smallest absolute Gasteiger partial charge is 0.339 e. The molecule has 0 atom stereocenters. The number of hydrogen-bond acceptors (Lipinski definition) is 10. The fourth-order valence-corrected chi connectivity index (χ4v) is 3.67. The van der Waals surface area contributed by atoms with E-state index in [0.717, 1.165) is 7.11 Å². The number of carbonyl (C=O) groups excluding carboxylic acids is 1. The molecular formula is C11H20N2O8S4. The zero-order valence-electron chi connectivity index (χ0n) is 14.1. The first-order chi connectivity index (χ1) is 11.2. The third-order valence-electron chi connectivity index (χ3n) is 2.09. The van der Waals surface area contributed by atoms with Crippen LogP contribution in [0.2, 0.25) is 0 Å². The fraction of sp³-hybridized carbons (Fsp3) is 0.727. The molecule has 0 radical (unpaired) electrons. The zero-order chi connectivity index (χ0) is 20.0. The van der Waals surface area contributed by atoms with Gasteiger partial charge >= 0.3 is 5.97 Å². The summed E-state index contributed by atoms with van der Waals surface area (Å²) in [6, 6.07) is 0. The van der Waals surface area contributed by atoms with Crippen LogP contribution in [0.1, 0.15) is 27.7 Å². The molecule has 25 heavy (non-hydrogen) atoms. The van der Waals surface area contributed by atoms with Crippen molar-refractivity contribution in [3.63, 3.8) is 0 Å². The van der Waals surface area contributed by atoms with Crippen molar-refractivity contribution >= 4 is 59.2 Å². The first-order valence-electron chi connectivity index (χ1n) is 6.76. The molecule has 0 aliphatic carbocycles. The van der Waals surface area contributed by atoms with Gasteiger partial charge in [-0.25, -0.2) is 21.6 Å². The van der Waals surface area contributed by atoms with E-state index in [9.17, 15) is 21.6 Å². The van der Waals surface area contributed by atoms with Gasteiger partial charge < -0.3 is 14.2 Å². The van der Waals surface area contributed by atoms with E-state index in [1.165, 1.54) is 27.7 Å². The molecule has 0 saturated carbocycles. The first kappa shape index (κ1) is 24.1. The molecule has 10 nitrogen and oxygen atoms in total. The van der Waals surface area contributed by atoms with Crippen molar-refractivity contribution in [3.05, 3.63) is 0 Å². The standard InChI is InChI=1S/C11H20N2O8S4/c1-6(2)20-10(22)24(15,16)12-8(9(14)19-5)13-25(17,18)11(23)21-7(3)4/h6-8,12-13H,1-5H3. The number of sulfonamides is 2. The summed E-state index contributed by atoms with van der Waals surface area (Å²) in [5, 5.41) is 0. The fourth-order valence-electron chi connectivity index (χ4n) is 1.16. The van der Waals surface area contributed by atoms with Gasteiger partial charge in [0.25, 0.3) is 28.8 Å². The molecule has 0 spiro atoms. The van der Waals surface area contributed by atoms with Gasteiger partial charge in [0, 0.05) is 0 Å². The van der Waals surface area contributed by atoms with Crippen LogP contribution in [0.5, 0.6) is 0 Å². The van der Waals surface area contributed by atoms with Crippen LogP contribution in [-0.2, 0) is 39.1 Å². The van der Waals surface area contributed by atoms with Gasteiger partial charge in [-0.3, -0.25) is 0 Å². The average Bonchev–Trinajstić information content (AvgIpc) is 2.43. The predicted molar refractivity (Wildman–Crippen MR) is 97.6 cm³/mol. The van der Waals surface area contributed by atoms with Crippen LogP contribution >= 0.6 is 24.4 Å². The van der Waals surface area contributed by atoms with Crippen molar-refractivity contribution in [1.82, 2.24) is 9.44 Å². The highest BCUT2D eigenvalue weighted by atomic mass is 32.2. The Morgan fingerprint density at radius 3 is 1.40 bits per heavy atom. The molecule has 0 aromatic carbocycles. The lowest BCUT2D eigenvalue weighted by molar-refractivity contribution is -0.142. The number of methoxy groups -OCH3 is 1. The van der Waals surface area contributed by atoms with Crippen molar-refractivity contribution in [2.45, 2.75) is 46.1 Å². The number of nitrogens with one attached hydrogen (secondary N) is 2. The second-order valence-corrected chi connectivity index (χ2v) is 9.52. The van der Waals surface area contributed by atoms with Gasteiger partial charge in [-0.05, 0) is 52.1 Å². The molecule has 0 aliphatic heterocycles. The monoisotopic (exact) mass is 436 g/mol. The third-order valence-corrected chi connectivity index (χ3v) is 5.76. The Morgan fingerprint density at radius 1 is 0.840 bits per heavy atom. The lowest BCUT2D eigenvalue weighted by Crippen LogP contribution is -2.55. The van der Waals surface area contributed by atoms with Gasteiger partial charge in [-0.2, -0.15) is 9.44 Å². The molecular weight excluding hydrogens is 416 g/mol. The Morgan fingerprint density at radius 2 is 1.16 bits per heavy atom. The van der Waals surface area contributed by atoms with Gasteiger partial charge in [0.2, 0.25) is 0 Å². The van der Waals surface area contributed by atoms with E-state index in [1.54, 1.807) is 9.44 Å². The van der Waals surface area contributed by atoms with Crippen molar-refractivity contribution in [1.29, 1.82) is 0 Å². The molecule has 0 aromatic heterocycles. The number of carbonyl (C=O) groups is 1. The maximum Gasteiger partial charge on any atom is 0.339 e. The lowest BCUT2D eigenvalue weighted by atomic mass is 10.5. The zero-order valence-corrected chi connectivity index (χ0v) is 17.4. The van der Waals surface area contributed by atoms with Crippen LogP contribution in [0.4, 0.5) is 0 Å². The average molecular weight is 437 g/mol. The van der Waals surface area contributed by atoms with E-state index in [1.807, 2.05) is 0 Å². The van der Waals surface area contributed by atoms with E-state index in [0.29, 0.717) is 0 Å². The van der Waals surface area contributed by atoms with Gasteiger partial charge in [0.15, 0.2) is 6.17 Å². The van der Waals surface area contributed by atoms with Gasteiger partial charge in [-0.15, -0.1) is 0 Å². The molecule has 0 bridgehead atoms. The van der Waals surface area contributed by atoms with Crippen LogP contribution in [0.3, 0.4) is 0 Å². The predicted octanol–water partition coefficient (Wildman–Crippen LogP) is -0.256. The van der Waals surface area contributed by atoms with Gasteiger partial charge in [0.05, 0.1) is 19.3 Å². The molecule has 146 valence electrons. The van der Waals surface area contributed by atoms with Crippen molar-refractivity contribution < 1.29 is 35.8 Å². The van der Waals surface area contributed by atoms with Crippen LogP contribution in [0.15, 0.2) is 0 Å². The van der Waals surface area contributed by atoms with E-state index >= 15 is 0 Å². The van der Waals surface area contributed by atoms with Crippen LogP contribution in [0, 0.1) is 0 Å². The van der Waals surface area contributed by atoms with E-state index < -0.39 is 53.2 Å². The summed E-state index contributed by atoms with van der Waals surface area (Å²) < 4.78 is 64.0. The van der Waals surface area contributed by atoms with Crippen LogP contribution in [-0.4, -0.2) is 57.1 Å². The second kappa shape index (κ2) is 9.68. The summed E-state index contributed by atoms with van der Waals surface area (Å²) in [6.07, 6.45) is -3.13. The van der Waals surface area contributed by atoms with E-state index in [2.05, 4.69) is 29.2 Å². The Labute approximate surface area is 157 Å². The SMILES string of the molecule is COC(=O)C(NS(=O)(=O)C(=S)OC(C)C)NS(=O)(=O)C(=S)OC(C)C.